The second-order valence-corrected chi connectivity index (χ2v) is 8.64. The molecule has 1 aliphatic heterocycles. The van der Waals surface area contributed by atoms with E-state index >= 15 is 0 Å². The highest BCUT2D eigenvalue weighted by Crippen LogP contribution is 2.33. The summed E-state index contributed by atoms with van der Waals surface area (Å²) < 4.78 is 18.0. The van der Waals surface area contributed by atoms with Gasteiger partial charge in [-0.1, -0.05) is 36.4 Å². The number of nitrogens with one attached hydrogen (secondary N) is 3. The Kier molecular flexibility index (Phi) is 7.87. The number of rotatable bonds is 11. The maximum atomic E-state index is 12.4. The second-order valence-electron chi connectivity index (χ2n) is 8.23. The minimum absolute atomic E-state index is 0.164. The zero-order chi connectivity index (χ0) is 25.7. The Morgan fingerprint density at radius 3 is 2.75 bits per heavy atom. The van der Waals surface area contributed by atoms with Crippen LogP contribution in [-0.4, -0.2) is 60.2 Å². The molecule has 2 heterocycles. The van der Waals surface area contributed by atoms with Crippen molar-refractivity contribution in [3.8, 4) is 5.75 Å². The molecule has 0 aliphatic carbocycles. The van der Waals surface area contributed by atoms with E-state index in [-0.39, 0.29) is 29.3 Å². The summed E-state index contributed by atoms with van der Waals surface area (Å²) in [5, 5.41) is 9.99. The number of likely N-dealkylation sites (tertiary alicyclic amines) is 1. The van der Waals surface area contributed by atoms with Gasteiger partial charge in [0.2, 0.25) is 11.9 Å². The van der Waals surface area contributed by atoms with Crippen LogP contribution in [0.4, 0.5) is 33.2 Å². The molecular formula is C25H27ClFN7O2. The molecule has 1 aromatic heterocycles. The molecule has 0 bridgehead atoms. The Balaban J connectivity index is 1.49. The summed E-state index contributed by atoms with van der Waals surface area (Å²) in [6.07, 6.45) is 1.47. The van der Waals surface area contributed by atoms with E-state index in [1.165, 1.54) is 6.20 Å². The number of anilines is 5. The van der Waals surface area contributed by atoms with Gasteiger partial charge in [-0.2, -0.15) is 4.98 Å². The van der Waals surface area contributed by atoms with E-state index in [2.05, 4.69) is 37.4 Å². The Bertz CT molecular complexity index is 1270. The third-order valence-electron chi connectivity index (χ3n) is 5.72. The average Bonchev–Trinajstić information content (AvgIpc) is 2.85. The van der Waals surface area contributed by atoms with Crippen molar-refractivity contribution >= 4 is 51.9 Å². The zero-order valence-corrected chi connectivity index (χ0v) is 20.5. The van der Waals surface area contributed by atoms with Crippen LogP contribution in [0.15, 0.2) is 55.2 Å². The third-order valence-corrected chi connectivity index (χ3v) is 6.00. The van der Waals surface area contributed by atoms with Crippen LogP contribution >= 0.6 is 11.6 Å². The van der Waals surface area contributed by atoms with Crippen molar-refractivity contribution in [2.75, 3.05) is 49.4 Å². The number of halogens is 2. The van der Waals surface area contributed by atoms with Crippen LogP contribution in [0.3, 0.4) is 0 Å². The molecule has 5 N–H and O–H groups in total. The SMILES string of the molecule is C=C(C(N)=O)c1ccccc1Nc1nc(Nc2ccc(NC3CN(CCF)C3)cc2OC)ncc1Cl. The first-order chi connectivity index (χ1) is 17.4. The number of hydrogen-bond donors (Lipinski definition) is 4. The lowest BCUT2D eigenvalue weighted by Gasteiger charge is -2.39. The number of para-hydroxylation sites is 1. The molecule has 1 amide bonds. The molecule has 0 atom stereocenters. The zero-order valence-electron chi connectivity index (χ0n) is 19.7. The van der Waals surface area contributed by atoms with Gasteiger partial charge in [0, 0.05) is 48.2 Å². The first kappa shape index (κ1) is 25.2. The highest BCUT2D eigenvalue weighted by Gasteiger charge is 2.26. The number of ether oxygens (including phenoxy) is 1. The number of carbonyl (C=O) groups excluding carboxylic acids is 1. The van der Waals surface area contributed by atoms with Crippen molar-refractivity contribution < 1.29 is 13.9 Å². The van der Waals surface area contributed by atoms with E-state index < -0.39 is 5.91 Å². The van der Waals surface area contributed by atoms with Crippen LogP contribution in [-0.2, 0) is 4.79 Å². The summed E-state index contributed by atoms with van der Waals surface area (Å²) in [6.45, 7) is 5.50. The first-order valence-electron chi connectivity index (χ1n) is 11.3. The van der Waals surface area contributed by atoms with Crippen LogP contribution in [0, 0.1) is 0 Å². The van der Waals surface area contributed by atoms with Crippen LogP contribution in [0.2, 0.25) is 5.02 Å². The van der Waals surface area contributed by atoms with E-state index in [1.54, 1.807) is 31.4 Å². The standard InChI is InChI=1S/C25H27ClFN7O2/c1-15(23(28)35)18-5-3-4-6-20(18)31-24-19(26)12-29-25(33-24)32-21-8-7-16(11-22(21)36-2)30-17-13-34(14-17)10-9-27/h3-8,11-12,17,30H,1,9-10,13-14H2,2H3,(H2,28,35)(H2,29,31,32,33). The molecule has 36 heavy (non-hydrogen) atoms. The largest absolute Gasteiger partial charge is 0.494 e. The predicted octanol–water partition coefficient (Wildman–Crippen LogP) is 4.19. The summed E-state index contributed by atoms with van der Waals surface area (Å²) in [7, 11) is 1.58. The van der Waals surface area contributed by atoms with Crippen molar-refractivity contribution in [3.05, 3.63) is 65.8 Å². The van der Waals surface area contributed by atoms with Gasteiger partial charge in [-0.05, 0) is 18.2 Å². The Labute approximate surface area is 213 Å². The minimum atomic E-state index is -0.625. The predicted molar refractivity (Wildman–Crippen MR) is 141 cm³/mol. The summed E-state index contributed by atoms with van der Waals surface area (Å²) in [5.41, 5.74) is 8.23. The highest BCUT2D eigenvalue weighted by atomic mass is 35.5. The quantitative estimate of drug-likeness (QED) is 0.283. The summed E-state index contributed by atoms with van der Waals surface area (Å²) in [5.74, 6) is 0.586. The summed E-state index contributed by atoms with van der Waals surface area (Å²) >= 11 is 6.33. The van der Waals surface area contributed by atoms with Crippen molar-refractivity contribution in [1.82, 2.24) is 14.9 Å². The van der Waals surface area contributed by atoms with Gasteiger partial charge in [-0.15, -0.1) is 0 Å². The lowest BCUT2D eigenvalue weighted by Crippen LogP contribution is -2.55. The fourth-order valence-electron chi connectivity index (χ4n) is 3.83. The third kappa shape index (κ3) is 5.84. The van der Waals surface area contributed by atoms with Crippen molar-refractivity contribution in [2.45, 2.75) is 6.04 Å². The lowest BCUT2D eigenvalue weighted by atomic mass is 10.0. The molecule has 0 saturated carbocycles. The normalized spacial score (nSPS) is 13.5. The first-order valence-corrected chi connectivity index (χ1v) is 11.6. The van der Waals surface area contributed by atoms with Gasteiger partial charge in [0.15, 0.2) is 5.82 Å². The molecule has 0 spiro atoms. The van der Waals surface area contributed by atoms with Crippen molar-refractivity contribution in [3.63, 3.8) is 0 Å². The van der Waals surface area contributed by atoms with Gasteiger partial charge in [0.25, 0.3) is 0 Å². The number of amides is 1. The van der Waals surface area contributed by atoms with E-state index in [0.29, 0.717) is 35.1 Å². The number of benzene rings is 2. The Morgan fingerprint density at radius 2 is 2.03 bits per heavy atom. The van der Waals surface area contributed by atoms with Gasteiger partial charge in [0.05, 0.1) is 25.0 Å². The molecule has 9 nitrogen and oxygen atoms in total. The molecular weight excluding hydrogens is 485 g/mol. The maximum Gasteiger partial charge on any atom is 0.248 e. The van der Waals surface area contributed by atoms with Gasteiger partial charge in [-0.25, -0.2) is 9.37 Å². The number of aromatic nitrogens is 2. The second kappa shape index (κ2) is 11.2. The van der Waals surface area contributed by atoms with E-state index in [9.17, 15) is 9.18 Å². The van der Waals surface area contributed by atoms with Gasteiger partial charge in [-0.3, -0.25) is 9.69 Å². The molecule has 1 saturated heterocycles. The van der Waals surface area contributed by atoms with Gasteiger partial charge in [0.1, 0.15) is 17.4 Å². The lowest BCUT2D eigenvalue weighted by molar-refractivity contribution is -0.112. The average molecular weight is 512 g/mol. The van der Waals surface area contributed by atoms with Crippen LogP contribution in [0.1, 0.15) is 5.56 Å². The molecule has 1 fully saturated rings. The van der Waals surface area contributed by atoms with Crippen LogP contribution in [0.5, 0.6) is 5.75 Å². The Hall–Kier alpha value is -3.89. The number of alkyl halides is 1. The fourth-order valence-corrected chi connectivity index (χ4v) is 3.97. The molecule has 0 unspecified atom stereocenters. The van der Waals surface area contributed by atoms with E-state index in [0.717, 1.165) is 18.8 Å². The van der Waals surface area contributed by atoms with E-state index in [1.807, 2.05) is 18.2 Å². The van der Waals surface area contributed by atoms with Crippen molar-refractivity contribution in [1.29, 1.82) is 0 Å². The van der Waals surface area contributed by atoms with Crippen LogP contribution in [0.25, 0.3) is 5.57 Å². The smallest absolute Gasteiger partial charge is 0.248 e. The molecule has 11 heteroatoms. The number of nitrogens with two attached hydrogens (primary N) is 1. The monoisotopic (exact) mass is 511 g/mol. The van der Waals surface area contributed by atoms with Gasteiger partial charge >= 0.3 is 0 Å². The molecule has 3 aromatic rings. The number of nitrogens with zero attached hydrogens (tertiary/aromatic N) is 3. The number of methoxy groups -OCH3 is 1. The fraction of sp³-hybridized carbons (Fsp3) is 0.240. The summed E-state index contributed by atoms with van der Waals surface area (Å²) in [4.78, 5) is 22.4. The van der Waals surface area contributed by atoms with Crippen LogP contribution < -0.4 is 26.4 Å². The maximum absolute atomic E-state index is 12.4. The highest BCUT2D eigenvalue weighted by molar-refractivity contribution is 6.33. The van der Waals surface area contributed by atoms with Gasteiger partial charge < -0.3 is 26.4 Å². The topological polar surface area (TPSA) is 117 Å². The molecule has 2 aromatic carbocycles. The molecule has 4 rings (SSSR count). The minimum Gasteiger partial charge on any atom is -0.494 e. The number of primary amides is 1. The van der Waals surface area contributed by atoms with E-state index in [4.69, 9.17) is 22.1 Å². The molecule has 188 valence electrons. The Morgan fingerprint density at radius 1 is 1.25 bits per heavy atom. The number of carbonyl (C=O) groups is 1. The summed E-state index contributed by atoms with van der Waals surface area (Å²) in [6, 6.07) is 13.0. The molecule has 0 radical (unpaired) electrons. The van der Waals surface area contributed by atoms with Crippen molar-refractivity contribution in [2.24, 2.45) is 5.73 Å². The molecule has 1 aliphatic rings. The number of hydrogen-bond acceptors (Lipinski definition) is 8.